The summed E-state index contributed by atoms with van der Waals surface area (Å²) in [5, 5.41) is 6.16. The maximum Gasteiger partial charge on any atom is 0.271 e. The second kappa shape index (κ2) is 8.11. The molecule has 1 aliphatic rings. The number of benzene rings is 1. The van der Waals surface area contributed by atoms with E-state index < -0.39 is 12.2 Å². The van der Waals surface area contributed by atoms with Crippen molar-refractivity contribution in [2.24, 2.45) is 12.8 Å². The molecule has 11 nitrogen and oxygen atoms in total. The van der Waals surface area contributed by atoms with Crippen LogP contribution < -0.4 is 16.4 Å². The lowest BCUT2D eigenvalue weighted by molar-refractivity contribution is -0.0245. The molecule has 0 radical (unpaired) electrons. The Labute approximate surface area is 188 Å². The summed E-state index contributed by atoms with van der Waals surface area (Å²) in [6.45, 7) is 0. The third-order valence-corrected chi connectivity index (χ3v) is 5.16. The first-order valence-corrected chi connectivity index (χ1v) is 10.0. The van der Waals surface area contributed by atoms with E-state index in [0.29, 0.717) is 28.3 Å². The predicted octanol–water partition coefficient (Wildman–Crippen LogP) is 2.83. The van der Waals surface area contributed by atoms with Gasteiger partial charge in [-0.05, 0) is 24.3 Å². The highest BCUT2D eigenvalue weighted by molar-refractivity contribution is 5.99. The number of nitrogens with one attached hydrogen (secondary N) is 2. The summed E-state index contributed by atoms with van der Waals surface area (Å²) in [6.07, 6.45) is 7.55. The first-order valence-electron chi connectivity index (χ1n) is 10.0. The molecule has 1 amide bonds. The highest BCUT2D eigenvalue weighted by Crippen LogP contribution is 2.32. The first-order chi connectivity index (χ1) is 16.0. The summed E-state index contributed by atoms with van der Waals surface area (Å²) in [5.74, 6) is -0.0528. The molecule has 0 spiro atoms. The van der Waals surface area contributed by atoms with Crippen molar-refractivity contribution in [2.45, 2.75) is 6.29 Å². The molecule has 0 bridgehead atoms. The number of fused-ring (bicyclic) bond motifs is 1. The summed E-state index contributed by atoms with van der Waals surface area (Å²) < 4.78 is 12.5. The molecule has 0 fully saturated rings. The average Bonchev–Trinajstić information content (AvgIpc) is 3.50. The lowest BCUT2D eigenvalue weighted by atomic mass is 10.1. The lowest BCUT2D eigenvalue weighted by Gasteiger charge is -2.15. The second-order valence-corrected chi connectivity index (χ2v) is 7.27. The lowest BCUT2D eigenvalue weighted by Crippen LogP contribution is -2.18. The zero-order valence-electron chi connectivity index (χ0n) is 17.8. The van der Waals surface area contributed by atoms with E-state index in [9.17, 15) is 4.79 Å². The van der Waals surface area contributed by atoms with Crippen molar-refractivity contribution in [2.75, 3.05) is 17.7 Å². The number of aromatic nitrogens is 5. The van der Waals surface area contributed by atoms with Gasteiger partial charge in [0.2, 0.25) is 0 Å². The van der Waals surface area contributed by atoms with E-state index in [0.717, 1.165) is 11.1 Å². The van der Waals surface area contributed by atoms with Crippen molar-refractivity contribution in [3.63, 3.8) is 0 Å². The van der Waals surface area contributed by atoms with Crippen LogP contribution in [-0.2, 0) is 16.5 Å². The molecule has 11 heteroatoms. The van der Waals surface area contributed by atoms with Crippen molar-refractivity contribution in [3.8, 4) is 11.3 Å². The molecular formula is C22H20N8O3. The number of hydrogen-bond donors (Lipinski definition) is 3. The third kappa shape index (κ3) is 3.65. The minimum absolute atomic E-state index is 0.00679. The number of primary amides is 1. The van der Waals surface area contributed by atoms with Crippen LogP contribution in [0.2, 0.25) is 0 Å². The van der Waals surface area contributed by atoms with E-state index in [1.807, 2.05) is 35.9 Å². The number of anilines is 3. The van der Waals surface area contributed by atoms with Crippen LogP contribution in [0.5, 0.6) is 0 Å². The number of imidazole rings is 1. The number of rotatable bonds is 6. The number of nitrogens with zero attached hydrogens (tertiary/aromatic N) is 5. The number of nitrogens with two attached hydrogens (primary N) is 1. The van der Waals surface area contributed by atoms with Crippen LogP contribution in [-0.4, -0.2) is 37.5 Å². The number of amides is 1. The molecule has 3 aromatic heterocycles. The Hall–Kier alpha value is -4.67. The third-order valence-electron chi connectivity index (χ3n) is 5.16. The summed E-state index contributed by atoms with van der Waals surface area (Å²) in [7, 11) is 3.59. The van der Waals surface area contributed by atoms with Crippen LogP contribution >= 0.6 is 0 Å². The van der Waals surface area contributed by atoms with Gasteiger partial charge in [0.05, 0.1) is 23.6 Å². The minimum atomic E-state index is -0.717. The Morgan fingerprint density at radius 1 is 1.09 bits per heavy atom. The van der Waals surface area contributed by atoms with Crippen molar-refractivity contribution in [3.05, 3.63) is 66.8 Å². The quantitative estimate of drug-likeness (QED) is 0.409. The predicted molar refractivity (Wildman–Crippen MR) is 121 cm³/mol. The van der Waals surface area contributed by atoms with Crippen molar-refractivity contribution >= 4 is 34.3 Å². The minimum Gasteiger partial charge on any atom is -0.455 e. The number of ether oxygens (including phenoxy) is 2. The van der Waals surface area contributed by atoms with E-state index in [2.05, 4.69) is 30.6 Å². The Balaban J connectivity index is 1.54. The van der Waals surface area contributed by atoms with Gasteiger partial charge in [-0.15, -0.1) is 0 Å². The van der Waals surface area contributed by atoms with E-state index in [-0.39, 0.29) is 11.5 Å². The van der Waals surface area contributed by atoms with E-state index >= 15 is 0 Å². The van der Waals surface area contributed by atoms with Gasteiger partial charge < -0.3 is 30.4 Å². The molecule has 4 aromatic rings. The van der Waals surface area contributed by atoms with Crippen molar-refractivity contribution in [1.82, 2.24) is 24.5 Å². The van der Waals surface area contributed by atoms with Crippen LogP contribution in [0, 0.1) is 0 Å². The number of carbonyl (C=O) groups is 1. The van der Waals surface area contributed by atoms with Gasteiger partial charge in [-0.2, -0.15) is 0 Å². The highest BCUT2D eigenvalue weighted by Gasteiger charge is 2.21. The van der Waals surface area contributed by atoms with Crippen LogP contribution in [0.1, 0.15) is 22.3 Å². The number of aryl methyl sites for hydroxylation is 1. The fraction of sp³-hybridized carbons (Fsp3) is 0.136. The van der Waals surface area contributed by atoms with Crippen LogP contribution in [0.25, 0.3) is 22.3 Å². The number of pyridine rings is 1. The van der Waals surface area contributed by atoms with Gasteiger partial charge in [0, 0.05) is 31.5 Å². The van der Waals surface area contributed by atoms with Gasteiger partial charge in [-0.25, -0.2) is 15.0 Å². The normalized spacial score (nSPS) is 13.0. The zero-order valence-corrected chi connectivity index (χ0v) is 17.8. The van der Waals surface area contributed by atoms with Crippen LogP contribution in [0.4, 0.5) is 17.3 Å². The molecular weight excluding hydrogens is 424 g/mol. The van der Waals surface area contributed by atoms with E-state index in [1.165, 1.54) is 12.5 Å². The molecule has 0 unspecified atom stereocenters. The number of carbonyl (C=O) groups excluding carboxylic acids is 1. The molecule has 5 rings (SSSR count). The standard InChI is InChI=1S/C22H20N8O3/c1-24-20-17(14-9-25-10-15-16(14)26-11-30(15)2)28-18(19(23)31)21(29-20)27-13-5-3-12(4-6-13)22-32-7-8-33-22/h3-11,22H,1-2H3,(H2,23,31)(H2,24,27,29). The van der Waals surface area contributed by atoms with Gasteiger partial charge in [0.25, 0.3) is 12.2 Å². The molecule has 0 saturated heterocycles. The molecule has 4 heterocycles. The van der Waals surface area contributed by atoms with Gasteiger partial charge >= 0.3 is 0 Å². The smallest absolute Gasteiger partial charge is 0.271 e. The molecule has 166 valence electrons. The SMILES string of the molecule is CNc1nc(Nc2ccc(C3OC=CO3)cc2)c(C(N)=O)nc1-c1cncc2c1ncn2C. The molecule has 4 N–H and O–H groups in total. The van der Waals surface area contributed by atoms with Gasteiger partial charge in [0.15, 0.2) is 17.3 Å². The summed E-state index contributed by atoms with van der Waals surface area (Å²) in [4.78, 5) is 30.2. The molecule has 0 aliphatic carbocycles. The Morgan fingerprint density at radius 3 is 2.55 bits per heavy atom. The molecule has 1 aliphatic heterocycles. The van der Waals surface area contributed by atoms with Crippen LogP contribution in [0.15, 0.2) is 55.5 Å². The zero-order chi connectivity index (χ0) is 22.9. The largest absolute Gasteiger partial charge is 0.455 e. The maximum atomic E-state index is 12.3. The Morgan fingerprint density at radius 2 is 1.85 bits per heavy atom. The fourth-order valence-electron chi connectivity index (χ4n) is 3.53. The second-order valence-electron chi connectivity index (χ2n) is 7.27. The van der Waals surface area contributed by atoms with Crippen LogP contribution in [0.3, 0.4) is 0 Å². The van der Waals surface area contributed by atoms with E-state index in [4.69, 9.17) is 15.2 Å². The Bertz CT molecular complexity index is 1370. The monoisotopic (exact) mass is 444 g/mol. The molecule has 1 aromatic carbocycles. The molecule has 0 atom stereocenters. The number of hydrogen-bond acceptors (Lipinski definition) is 9. The summed E-state index contributed by atoms with van der Waals surface area (Å²) in [6, 6.07) is 7.33. The molecule has 33 heavy (non-hydrogen) atoms. The molecule has 0 saturated carbocycles. The van der Waals surface area contributed by atoms with Crippen molar-refractivity contribution in [1.29, 1.82) is 0 Å². The van der Waals surface area contributed by atoms with Gasteiger partial charge in [0.1, 0.15) is 23.7 Å². The average molecular weight is 444 g/mol. The van der Waals surface area contributed by atoms with Gasteiger partial charge in [-0.1, -0.05) is 0 Å². The van der Waals surface area contributed by atoms with Gasteiger partial charge in [-0.3, -0.25) is 9.78 Å². The first kappa shape index (κ1) is 20.2. The Kier molecular flexibility index (Phi) is 4.98. The fourth-order valence-corrected chi connectivity index (χ4v) is 3.53. The summed E-state index contributed by atoms with van der Waals surface area (Å²) >= 11 is 0. The maximum absolute atomic E-state index is 12.3. The highest BCUT2D eigenvalue weighted by atomic mass is 16.7. The topological polar surface area (TPSA) is 142 Å². The van der Waals surface area contributed by atoms with Crippen molar-refractivity contribution < 1.29 is 14.3 Å². The van der Waals surface area contributed by atoms with E-state index in [1.54, 1.807) is 25.8 Å². The summed E-state index contributed by atoms with van der Waals surface area (Å²) in [5.41, 5.74) is 9.74.